The van der Waals surface area contributed by atoms with Gasteiger partial charge in [0.05, 0.1) is 10.6 Å². The zero-order chi connectivity index (χ0) is 21.7. The van der Waals surface area contributed by atoms with E-state index < -0.39 is 15.9 Å². The Balaban J connectivity index is 1.89. The molecule has 7 heteroatoms. The number of carbonyl (C=O) groups is 1. The van der Waals surface area contributed by atoms with E-state index in [4.69, 9.17) is 0 Å². The number of carbonyl (C=O) groups excluding carboxylic acids is 1. The molecule has 0 unspecified atom stereocenters. The van der Waals surface area contributed by atoms with Gasteiger partial charge in [0.2, 0.25) is 5.91 Å². The van der Waals surface area contributed by atoms with E-state index in [1.54, 1.807) is 43.3 Å². The standard InChI is InChI=1S/C23H23FN2O3S/c1-17-8-9-18(2)22(14-17)26(30(28,29)21-6-4-3-5-7-21)16-23(27)25-15-19-10-12-20(24)13-11-19/h3-14H,15-16H2,1-2H3,(H,25,27). The minimum Gasteiger partial charge on any atom is -0.350 e. The molecule has 0 aliphatic rings. The first-order valence-electron chi connectivity index (χ1n) is 9.43. The van der Waals surface area contributed by atoms with Crippen molar-refractivity contribution in [1.29, 1.82) is 0 Å². The number of amides is 1. The van der Waals surface area contributed by atoms with Crippen LogP contribution in [0.1, 0.15) is 16.7 Å². The Morgan fingerprint density at radius 2 is 1.63 bits per heavy atom. The summed E-state index contributed by atoms with van der Waals surface area (Å²) in [4.78, 5) is 12.8. The van der Waals surface area contributed by atoms with Gasteiger partial charge in [0, 0.05) is 6.54 Å². The molecule has 0 bridgehead atoms. The third-order valence-corrected chi connectivity index (χ3v) is 6.43. The summed E-state index contributed by atoms with van der Waals surface area (Å²) in [7, 11) is -3.95. The van der Waals surface area contributed by atoms with Crippen LogP contribution in [0.5, 0.6) is 0 Å². The molecule has 0 atom stereocenters. The van der Waals surface area contributed by atoms with Gasteiger partial charge in [0.25, 0.3) is 10.0 Å². The first kappa shape index (κ1) is 21.5. The minimum atomic E-state index is -3.95. The molecular weight excluding hydrogens is 403 g/mol. The highest BCUT2D eigenvalue weighted by Crippen LogP contribution is 2.27. The molecule has 5 nitrogen and oxygen atoms in total. The maximum atomic E-state index is 13.3. The maximum Gasteiger partial charge on any atom is 0.264 e. The fourth-order valence-corrected chi connectivity index (χ4v) is 4.50. The van der Waals surface area contributed by atoms with Crippen LogP contribution < -0.4 is 9.62 Å². The Morgan fingerprint density at radius 3 is 2.30 bits per heavy atom. The van der Waals surface area contributed by atoms with Gasteiger partial charge in [-0.05, 0) is 60.9 Å². The van der Waals surface area contributed by atoms with Crippen molar-refractivity contribution in [2.75, 3.05) is 10.8 Å². The fourth-order valence-electron chi connectivity index (χ4n) is 3.00. The van der Waals surface area contributed by atoms with Crippen molar-refractivity contribution in [3.05, 3.63) is 95.3 Å². The van der Waals surface area contributed by atoms with E-state index >= 15 is 0 Å². The topological polar surface area (TPSA) is 66.5 Å². The van der Waals surface area contributed by atoms with Crippen LogP contribution >= 0.6 is 0 Å². The number of aryl methyl sites for hydroxylation is 2. The minimum absolute atomic E-state index is 0.109. The number of hydrogen-bond donors (Lipinski definition) is 1. The van der Waals surface area contributed by atoms with Crippen molar-refractivity contribution in [2.45, 2.75) is 25.3 Å². The summed E-state index contributed by atoms with van der Waals surface area (Å²) in [5.41, 5.74) is 2.80. The van der Waals surface area contributed by atoms with E-state index in [1.165, 1.54) is 24.3 Å². The van der Waals surface area contributed by atoms with E-state index in [0.717, 1.165) is 15.4 Å². The second kappa shape index (κ2) is 9.09. The van der Waals surface area contributed by atoms with Crippen molar-refractivity contribution in [3.8, 4) is 0 Å². The van der Waals surface area contributed by atoms with Gasteiger partial charge >= 0.3 is 0 Å². The molecule has 1 N–H and O–H groups in total. The lowest BCUT2D eigenvalue weighted by atomic mass is 10.1. The maximum absolute atomic E-state index is 13.3. The van der Waals surface area contributed by atoms with Crippen molar-refractivity contribution < 1.29 is 17.6 Å². The molecule has 0 aromatic heterocycles. The van der Waals surface area contributed by atoms with Crippen LogP contribution in [-0.4, -0.2) is 20.9 Å². The number of benzene rings is 3. The molecule has 0 aliphatic heterocycles. The molecule has 0 saturated heterocycles. The molecule has 30 heavy (non-hydrogen) atoms. The van der Waals surface area contributed by atoms with Gasteiger partial charge in [-0.25, -0.2) is 12.8 Å². The molecule has 3 aromatic carbocycles. The summed E-state index contributed by atoms with van der Waals surface area (Å²) in [5, 5.41) is 2.71. The van der Waals surface area contributed by atoms with Crippen molar-refractivity contribution >= 4 is 21.6 Å². The average Bonchev–Trinajstić information content (AvgIpc) is 2.74. The summed E-state index contributed by atoms with van der Waals surface area (Å²) in [6, 6.07) is 19.2. The molecule has 156 valence electrons. The van der Waals surface area contributed by atoms with Gasteiger partial charge in [0.1, 0.15) is 12.4 Å². The molecule has 1 amide bonds. The Morgan fingerprint density at radius 1 is 0.967 bits per heavy atom. The molecule has 0 saturated carbocycles. The summed E-state index contributed by atoms with van der Waals surface area (Å²) >= 11 is 0. The largest absolute Gasteiger partial charge is 0.350 e. The van der Waals surface area contributed by atoms with Crippen LogP contribution in [0.3, 0.4) is 0 Å². The van der Waals surface area contributed by atoms with Crippen LogP contribution in [0.4, 0.5) is 10.1 Å². The Kier molecular flexibility index (Phi) is 6.52. The third kappa shape index (κ3) is 5.04. The van der Waals surface area contributed by atoms with Gasteiger partial charge < -0.3 is 5.32 Å². The molecule has 0 aliphatic carbocycles. The number of nitrogens with zero attached hydrogens (tertiary/aromatic N) is 1. The first-order valence-corrected chi connectivity index (χ1v) is 10.9. The molecule has 3 rings (SSSR count). The Labute approximate surface area is 176 Å². The number of sulfonamides is 1. The monoisotopic (exact) mass is 426 g/mol. The zero-order valence-electron chi connectivity index (χ0n) is 16.8. The van der Waals surface area contributed by atoms with E-state index in [9.17, 15) is 17.6 Å². The second-order valence-electron chi connectivity index (χ2n) is 7.02. The predicted octanol–water partition coefficient (Wildman–Crippen LogP) is 3.95. The predicted molar refractivity (Wildman–Crippen MR) is 115 cm³/mol. The molecule has 0 spiro atoms. The van der Waals surface area contributed by atoms with Gasteiger partial charge in [-0.2, -0.15) is 0 Å². The number of halogens is 1. The Hall–Kier alpha value is -3.19. The van der Waals surface area contributed by atoms with Crippen molar-refractivity contribution in [1.82, 2.24) is 5.32 Å². The number of anilines is 1. The van der Waals surface area contributed by atoms with E-state index in [2.05, 4.69) is 5.32 Å². The third-order valence-electron chi connectivity index (χ3n) is 4.65. The molecule has 0 radical (unpaired) electrons. The van der Waals surface area contributed by atoms with Crippen LogP contribution in [0.15, 0.2) is 77.7 Å². The molecule has 0 heterocycles. The Bertz CT molecular complexity index is 1130. The molecular formula is C23H23FN2O3S. The highest BCUT2D eigenvalue weighted by atomic mass is 32.2. The lowest BCUT2D eigenvalue weighted by molar-refractivity contribution is -0.119. The number of rotatable bonds is 7. The fraction of sp³-hybridized carbons (Fsp3) is 0.174. The SMILES string of the molecule is Cc1ccc(C)c(N(CC(=O)NCc2ccc(F)cc2)S(=O)(=O)c2ccccc2)c1. The van der Waals surface area contributed by atoms with Gasteiger partial charge in [-0.15, -0.1) is 0 Å². The summed E-state index contributed by atoms with van der Waals surface area (Å²) < 4.78 is 40.9. The van der Waals surface area contributed by atoms with Crippen molar-refractivity contribution in [3.63, 3.8) is 0 Å². The smallest absolute Gasteiger partial charge is 0.264 e. The summed E-state index contributed by atoms with van der Waals surface area (Å²) in [5.74, 6) is -0.820. The van der Waals surface area contributed by atoms with Crippen molar-refractivity contribution in [2.24, 2.45) is 0 Å². The van der Waals surface area contributed by atoms with Gasteiger partial charge in [-0.1, -0.05) is 42.5 Å². The normalized spacial score (nSPS) is 11.2. The molecule has 3 aromatic rings. The number of nitrogens with one attached hydrogen (secondary N) is 1. The van der Waals surface area contributed by atoms with Crippen LogP contribution in [0.25, 0.3) is 0 Å². The van der Waals surface area contributed by atoms with E-state index in [-0.39, 0.29) is 23.8 Å². The average molecular weight is 427 g/mol. The molecule has 0 fully saturated rings. The van der Waals surface area contributed by atoms with Crippen LogP contribution in [0.2, 0.25) is 0 Å². The van der Waals surface area contributed by atoms with E-state index in [1.807, 2.05) is 19.1 Å². The van der Waals surface area contributed by atoms with Crippen LogP contribution in [0, 0.1) is 19.7 Å². The lowest BCUT2D eigenvalue weighted by Gasteiger charge is -2.26. The van der Waals surface area contributed by atoms with Crippen LogP contribution in [-0.2, 0) is 21.4 Å². The number of hydrogen-bond acceptors (Lipinski definition) is 3. The zero-order valence-corrected chi connectivity index (χ0v) is 17.6. The highest BCUT2D eigenvalue weighted by molar-refractivity contribution is 7.92. The lowest BCUT2D eigenvalue weighted by Crippen LogP contribution is -2.41. The van der Waals surface area contributed by atoms with E-state index in [0.29, 0.717) is 11.3 Å². The summed E-state index contributed by atoms with van der Waals surface area (Å²) in [6.07, 6.45) is 0. The van der Waals surface area contributed by atoms with Gasteiger partial charge in [-0.3, -0.25) is 9.10 Å². The first-order chi connectivity index (χ1) is 14.3. The quantitative estimate of drug-likeness (QED) is 0.622. The summed E-state index contributed by atoms with van der Waals surface area (Å²) in [6.45, 7) is 3.47. The highest BCUT2D eigenvalue weighted by Gasteiger charge is 2.28. The van der Waals surface area contributed by atoms with Gasteiger partial charge in [0.15, 0.2) is 0 Å². The second-order valence-corrected chi connectivity index (χ2v) is 8.88.